The first-order valence-corrected chi connectivity index (χ1v) is 12.1. The largest absolute Gasteiger partial charge is 0.504 e. The predicted molar refractivity (Wildman–Crippen MR) is 125 cm³/mol. The molecular weight excluding hydrogens is 460 g/mol. The molecule has 1 aliphatic heterocycles. The van der Waals surface area contributed by atoms with E-state index in [0.717, 1.165) is 19.3 Å². The molecule has 5 atom stereocenters. The molecule has 35 heavy (non-hydrogen) atoms. The maximum atomic E-state index is 12.1. The standard InChI is InChI=1S/C25H34O10/c1-2-3-4-5-6-7-8-9-20(27)32-14-19-22(29)23(30)24(31)25(35-19)34-18-12-15-10-11-21(28)33-17(15)13-16(18)26/h10-13,19,22-26,29-31H,2-9,14H2,1H3/t19-,22-,23+,24-,25+/m1/s1. The van der Waals surface area contributed by atoms with Gasteiger partial charge in [0, 0.05) is 23.9 Å². The first kappa shape index (κ1) is 26.9. The van der Waals surface area contributed by atoms with Gasteiger partial charge < -0.3 is 39.1 Å². The summed E-state index contributed by atoms with van der Waals surface area (Å²) in [6.45, 7) is 1.82. The van der Waals surface area contributed by atoms with E-state index in [1.54, 1.807) is 0 Å². The van der Waals surface area contributed by atoms with Crippen molar-refractivity contribution in [3.8, 4) is 11.5 Å². The summed E-state index contributed by atoms with van der Waals surface area (Å²) in [6.07, 6.45) is 0.251. The van der Waals surface area contributed by atoms with Crippen molar-refractivity contribution in [2.45, 2.75) is 89.0 Å². The molecule has 0 aliphatic carbocycles. The van der Waals surface area contributed by atoms with Crippen molar-refractivity contribution >= 4 is 16.9 Å². The van der Waals surface area contributed by atoms with Crippen LogP contribution in [0.5, 0.6) is 11.5 Å². The molecule has 1 fully saturated rings. The Labute approximate surface area is 203 Å². The topological polar surface area (TPSA) is 156 Å². The van der Waals surface area contributed by atoms with Gasteiger partial charge in [0.15, 0.2) is 11.5 Å². The van der Waals surface area contributed by atoms with Gasteiger partial charge in [0.25, 0.3) is 0 Å². The number of carbonyl (C=O) groups is 1. The van der Waals surface area contributed by atoms with E-state index < -0.39 is 42.3 Å². The van der Waals surface area contributed by atoms with E-state index in [9.17, 15) is 30.0 Å². The van der Waals surface area contributed by atoms with Crippen molar-refractivity contribution in [1.29, 1.82) is 0 Å². The molecule has 194 valence electrons. The minimum atomic E-state index is -1.64. The Morgan fingerprint density at radius 3 is 2.43 bits per heavy atom. The number of fused-ring (bicyclic) bond motifs is 1. The lowest BCUT2D eigenvalue weighted by Crippen LogP contribution is -2.60. The summed E-state index contributed by atoms with van der Waals surface area (Å²) >= 11 is 0. The lowest BCUT2D eigenvalue weighted by molar-refractivity contribution is -0.278. The number of ether oxygens (including phenoxy) is 3. The second-order valence-corrected chi connectivity index (χ2v) is 8.80. The van der Waals surface area contributed by atoms with E-state index in [0.29, 0.717) is 11.8 Å². The number of esters is 1. The number of aliphatic hydroxyl groups excluding tert-OH is 3. The molecule has 10 nitrogen and oxygen atoms in total. The Morgan fingerprint density at radius 1 is 0.971 bits per heavy atom. The molecule has 10 heteroatoms. The van der Waals surface area contributed by atoms with Crippen molar-refractivity contribution in [2.75, 3.05) is 6.61 Å². The van der Waals surface area contributed by atoms with Gasteiger partial charge in [-0.2, -0.15) is 0 Å². The molecule has 3 rings (SSSR count). The van der Waals surface area contributed by atoms with Crippen LogP contribution in [0.1, 0.15) is 58.3 Å². The van der Waals surface area contributed by atoms with E-state index >= 15 is 0 Å². The average Bonchev–Trinajstić information content (AvgIpc) is 2.83. The number of unbranched alkanes of at least 4 members (excludes halogenated alkanes) is 6. The van der Waals surface area contributed by atoms with Gasteiger partial charge in [0.05, 0.1) is 0 Å². The number of phenolic OH excluding ortho intramolecular Hbond substituents is 1. The van der Waals surface area contributed by atoms with Crippen LogP contribution >= 0.6 is 0 Å². The number of rotatable bonds is 12. The third-order valence-corrected chi connectivity index (χ3v) is 6.01. The van der Waals surface area contributed by atoms with Crippen molar-refractivity contribution in [3.05, 3.63) is 34.7 Å². The maximum absolute atomic E-state index is 12.1. The minimum Gasteiger partial charge on any atom is -0.504 e. The molecule has 0 saturated carbocycles. The second kappa shape index (κ2) is 12.9. The van der Waals surface area contributed by atoms with Crippen LogP contribution in [0.2, 0.25) is 0 Å². The van der Waals surface area contributed by atoms with Gasteiger partial charge >= 0.3 is 11.6 Å². The lowest BCUT2D eigenvalue weighted by atomic mass is 9.99. The van der Waals surface area contributed by atoms with Crippen LogP contribution in [0, 0.1) is 0 Å². The summed E-state index contributed by atoms with van der Waals surface area (Å²) in [4.78, 5) is 23.4. The van der Waals surface area contributed by atoms with E-state index in [4.69, 9.17) is 18.6 Å². The third kappa shape index (κ3) is 7.41. The van der Waals surface area contributed by atoms with Crippen LogP contribution in [0.25, 0.3) is 11.0 Å². The zero-order chi connectivity index (χ0) is 25.4. The molecule has 0 bridgehead atoms. The van der Waals surface area contributed by atoms with Crippen LogP contribution in [0.3, 0.4) is 0 Å². The van der Waals surface area contributed by atoms with Gasteiger partial charge in [-0.15, -0.1) is 0 Å². The van der Waals surface area contributed by atoms with Gasteiger partial charge in [-0.25, -0.2) is 4.79 Å². The lowest BCUT2D eigenvalue weighted by Gasteiger charge is -2.39. The van der Waals surface area contributed by atoms with Crippen LogP contribution in [0.15, 0.2) is 33.5 Å². The highest BCUT2D eigenvalue weighted by Crippen LogP contribution is 2.34. The first-order chi connectivity index (χ1) is 16.8. The highest BCUT2D eigenvalue weighted by atomic mass is 16.7. The molecule has 0 amide bonds. The van der Waals surface area contributed by atoms with Gasteiger partial charge in [-0.1, -0.05) is 45.4 Å². The number of aliphatic hydroxyl groups is 3. The SMILES string of the molecule is CCCCCCCCCC(=O)OC[C@H]1O[C@H](Oc2cc3ccc(=O)oc3cc2O)[C@H](O)[C@@H](O)[C@@H]1O. The molecule has 1 aromatic heterocycles. The van der Waals surface area contributed by atoms with Crippen molar-refractivity contribution < 1.29 is 43.8 Å². The fraction of sp³-hybridized carbons (Fsp3) is 0.600. The smallest absolute Gasteiger partial charge is 0.336 e. The van der Waals surface area contributed by atoms with Crippen molar-refractivity contribution in [2.24, 2.45) is 0 Å². The van der Waals surface area contributed by atoms with Crippen LogP contribution < -0.4 is 10.4 Å². The number of carbonyl (C=O) groups excluding carboxylic acids is 1. The summed E-state index contributed by atoms with van der Waals surface area (Å²) in [7, 11) is 0. The Kier molecular flexibility index (Phi) is 9.91. The van der Waals surface area contributed by atoms with Crippen molar-refractivity contribution in [3.63, 3.8) is 0 Å². The number of benzene rings is 1. The Bertz CT molecular complexity index is 1020. The molecule has 2 heterocycles. The minimum absolute atomic E-state index is 0.103. The van der Waals surface area contributed by atoms with E-state index in [-0.39, 0.29) is 30.1 Å². The fourth-order valence-corrected chi connectivity index (χ4v) is 3.93. The highest BCUT2D eigenvalue weighted by molar-refractivity contribution is 5.80. The first-order valence-electron chi connectivity index (χ1n) is 12.1. The number of phenols is 1. The van der Waals surface area contributed by atoms with E-state index in [2.05, 4.69) is 6.92 Å². The average molecular weight is 495 g/mol. The molecule has 0 radical (unpaired) electrons. The molecule has 0 spiro atoms. The summed E-state index contributed by atoms with van der Waals surface area (Å²) in [5.41, 5.74) is -0.452. The van der Waals surface area contributed by atoms with Gasteiger partial charge in [0.1, 0.15) is 36.6 Å². The second-order valence-electron chi connectivity index (χ2n) is 8.80. The normalized spacial score (nSPS) is 24.4. The van der Waals surface area contributed by atoms with Gasteiger partial charge in [-0.05, 0) is 18.6 Å². The number of hydrogen-bond donors (Lipinski definition) is 4. The zero-order valence-corrected chi connectivity index (χ0v) is 19.8. The van der Waals surface area contributed by atoms with E-state index in [1.807, 2.05) is 0 Å². The number of hydrogen-bond acceptors (Lipinski definition) is 10. The molecule has 4 N–H and O–H groups in total. The van der Waals surface area contributed by atoms with Crippen LogP contribution in [-0.4, -0.2) is 63.7 Å². The zero-order valence-electron chi connectivity index (χ0n) is 19.8. The molecule has 1 aliphatic rings. The molecule has 2 aromatic rings. The van der Waals surface area contributed by atoms with E-state index in [1.165, 1.54) is 43.5 Å². The van der Waals surface area contributed by atoms with Gasteiger partial charge in [0.2, 0.25) is 6.29 Å². The summed E-state index contributed by atoms with van der Waals surface area (Å²) in [5.74, 6) is -0.935. The molecule has 0 unspecified atom stereocenters. The molecule has 1 saturated heterocycles. The van der Waals surface area contributed by atoms with Crippen LogP contribution in [-0.2, 0) is 14.3 Å². The summed E-state index contributed by atoms with van der Waals surface area (Å²) in [5, 5.41) is 41.5. The van der Waals surface area contributed by atoms with Gasteiger partial charge in [-0.3, -0.25) is 4.79 Å². The van der Waals surface area contributed by atoms with Crippen LogP contribution in [0.4, 0.5) is 0 Å². The molecular formula is C25H34O10. The third-order valence-electron chi connectivity index (χ3n) is 6.01. The molecule has 1 aromatic carbocycles. The summed E-state index contributed by atoms with van der Waals surface area (Å²) < 4.78 is 21.3. The van der Waals surface area contributed by atoms with Crippen molar-refractivity contribution in [1.82, 2.24) is 0 Å². The Balaban J connectivity index is 1.54. The predicted octanol–water partition coefficient (Wildman–Crippen LogP) is 2.37. The Hall–Kier alpha value is -2.66. The monoisotopic (exact) mass is 494 g/mol. The Morgan fingerprint density at radius 2 is 1.69 bits per heavy atom. The summed E-state index contributed by atoms with van der Waals surface area (Å²) in [6, 6.07) is 5.22. The quantitative estimate of drug-likeness (QED) is 0.196. The maximum Gasteiger partial charge on any atom is 0.336 e. The number of aromatic hydroxyl groups is 1. The highest BCUT2D eigenvalue weighted by Gasteiger charge is 2.45. The fourth-order valence-electron chi connectivity index (χ4n) is 3.93.